The molecule has 0 amide bonds. The van der Waals surface area contributed by atoms with E-state index in [1.807, 2.05) is 0 Å². The van der Waals surface area contributed by atoms with E-state index in [2.05, 4.69) is 0 Å². The van der Waals surface area contributed by atoms with Crippen molar-refractivity contribution in [2.75, 3.05) is 6.54 Å². The third-order valence-electron chi connectivity index (χ3n) is 3.36. The first-order chi connectivity index (χ1) is 8.00. The summed E-state index contributed by atoms with van der Waals surface area (Å²) in [6, 6.07) is 3.75. The first-order valence-corrected chi connectivity index (χ1v) is 5.32. The summed E-state index contributed by atoms with van der Waals surface area (Å²) in [7, 11) is 0. The highest BCUT2D eigenvalue weighted by Gasteiger charge is 2.48. The van der Waals surface area contributed by atoms with Crippen molar-refractivity contribution in [3.63, 3.8) is 0 Å². The Kier molecular flexibility index (Phi) is 2.84. The maximum Gasteiger partial charge on any atom is 0.276 e. The number of nitro groups is 1. The van der Waals surface area contributed by atoms with Crippen LogP contribution in [-0.2, 0) is 5.41 Å². The Bertz CT molecular complexity index is 458. The zero-order valence-corrected chi connectivity index (χ0v) is 9.10. The van der Waals surface area contributed by atoms with Crippen LogP contribution < -0.4 is 5.73 Å². The molecule has 0 aliphatic heterocycles. The fourth-order valence-corrected chi connectivity index (χ4v) is 2.51. The number of nitrogens with two attached hydrogens (primary N) is 1. The molecule has 3 N–H and O–H groups in total. The van der Waals surface area contributed by atoms with Gasteiger partial charge in [-0.3, -0.25) is 10.1 Å². The Morgan fingerprint density at radius 1 is 1.59 bits per heavy atom. The van der Waals surface area contributed by atoms with Crippen LogP contribution in [0.1, 0.15) is 18.4 Å². The normalized spacial score (nSPS) is 27.6. The Morgan fingerprint density at radius 2 is 2.24 bits per heavy atom. The van der Waals surface area contributed by atoms with Crippen molar-refractivity contribution < 1.29 is 14.4 Å². The lowest BCUT2D eigenvalue weighted by atomic mass is 9.62. The van der Waals surface area contributed by atoms with Crippen LogP contribution in [0.3, 0.4) is 0 Å². The number of halogens is 1. The minimum Gasteiger partial charge on any atom is -0.393 e. The fourth-order valence-electron chi connectivity index (χ4n) is 2.51. The Balaban J connectivity index is 2.54. The van der Waals surface area contributed by atoms with Crippen molar-refractivity contribution in [3.8, 4) is 0 Å². The number of nitro benzene ring substituents is 1. The van der Waals surface area contributed by atoms with Gasteiger partial charge in [0.25, 0.3) is 5.69 Å². The van der Waals surface area contributed by atoms with Gasteiger partial charge in [0, 0.05) is 18.0 Å². The van der Waals surface area contributed by atoms with Gasteiger partial charge in [0.15, 0.2) is 0 Å². The number of hydrogen-bond donors (Lipinski definition) is 2. The Morgan fingerprint density at radius 3 is 2.71 bits per heavy atom. The highest BCUT2D eigenvalue weighted by atomic mass is 19.1. The Labute approximate surface area is 97.2 Å². The van der Waals surface area contributed by atoms with Gasteiger partial charge < -0.3 is 10.8 Å². The zero-order valence-electron chi connectivity index (χ0n) is 9.10. The number of aliphatic hydroxyl groups excluding tert-OH is 1. The molecule has 5 nitrogen and oxygen atoms in total. The maximum atomic E-state index is 13.8. The molecule has 1 fully saturated rings. The Hall–Kier alpha value is -1.53. The molecule has 0 spiro atoms. The van der Waals surface area contributed by atoms with E-state index in [-0.39, 0.29) is 30.6 Å². The number of aliphatic hydroxyl groups is 1. The van der Waals surface area contributed by atoms with E-state index in [0.29, 0.717) is 0 Å². The first kappa shape index (κ1) is 11.9. The van der Waals surface area contributed by atoms with Crippen LogP contribution in [0.2, 0.25) is 0 Å². The van der Waals surface area contributed by atoms with Crippen LogP contribution in [-0.4, -0.2) is 22.7 Å². The maximum absolute atomic E-state index is 13.8. The van der Waals surface area contributed by atoms with E-state index in [4.69, 9.17) is 5.73 Å². The van der Waals surface area contributed by atoms with E-state index in [0.717, 1.165) is 0 Å². The lowest BCUT2D eigenvalue weighted by Gasteiger charge is -2.44. The summed E-state index contributed by atoms with van der Waals surface area (Å²) in [6.07, 6.45) is -0.0194. The van der Waals surface area contributed by atoms with Crippen LogP contribution in [0, 0.1) is 15.9 Å². The van der Waals surface area contributed by atoms with Gasteiger partial charge in [-0.25, -0.2) is 4.39 Å². The van der Waals surface area contributed by atoms with Gasteiger partial charge in [-0.1, -0.05) is 6.07 Å². The zero-order chi connectivity index (χ0) is 12.6. The van der Waals surface area contributed by atoms with Gasteiger partial charge >= 0.3 is 0 Å². The van der Waals surface area contributed by atoms with Crippen molar-refractivity contribution in [1.29, 1.82) is 0 Å². The number of nitrogens with zero attached hydrogens (tertiary/aromatic N) is 1. The van der Waals surface area contributed by atoms with Crippen molar-refractivity contribution in [1.82, 2.24) is 0 Å². The second kappa shape index (κ2) is 4.05. The quantitative estimate of drug-likeness (QED) is 0.611. The SMILES string of the molecule is NCC1(c2c(F)cccc2[N+](=O)[O-])CC(O)C1. The molecule has 17 heavy (non-hydrogen) atoms. The highest BCUT2D eigenvalue weighted by Crippen LogP contribution is 2.47. The van der Waals surface area contributed by atoms with Crippen molar-refractivity contribution in [3.05, 3.63) is 39.7 Å². The molecule has 0 saturated heterocycles. The molecule has 0 unspecified atom stereocenters. The molecule has 0 aromatic heterocycles. The van der Waals surface area contributed by atoms with Gasteiger partial charge in [0.1, 0.15) is 5.82 Å². The summed E-state index contributed by atoms with van der Waals surface area (Å²) in [5.41, 5.74) is 4.57. The topological polar surface area (TPSA) is 89.4 Å². The molecule has 0 radical (unpaired) electrons. The van der Waals surface area contributed by atoms with Crippen LogP contribution in [0.15, 0.2) is 18.2 Å². The van der Waals surface area contributed by atoms with Crippen molar-refractivity contribution in [2.24, 2.45) is 5.73 Å². The first-order valence-electron chi connectivity index (χ1n) is 5.32. The third-order valence-corrected chi connectivity index (χ3v) is 3.36. The molecule has 2 rings (SSSR count). The monoisotopic (exact) mass is 240 g/mol. The molecule has 1 aliphatic rings. The summed E-state index contributed by atoms with van der Waals surface area (Å²) in [5.74, 6) is -0.628. The average molecular weight is 240 g/mol. The summed E-state index contributed by atoms with van der Waals surface area (Å²) >= 11 is 0. The summed E-state index contributed by atoms with van der Waals surface area (Å²) < 4.78 is 13.8. The molecule has 1 aromatic rings. The fraction of sp³-hybridized carbons (Fsp3) is 0.455. The molecule has 0 heterocycles. The van der Waals surface area contributed by atoms with E-state index in [9.17, 15) is 19.6 Å². The molecule has 1 aromatic carbocycles. The van der Waals surface area contributed by atoms with E-state index in [1.54, 1.807) is 0 Å². The van der Waals surface area contributed by atoms with Crippen LogP contribution in [0.4, 0.5) is 10.1 Å². The largest absolute Gasteiger partial charge is 0.393 e. The standard InChI is InChI=1S/C11H13FN2O3/c12-8-2-1-3-9(14(16)17)10(8)11(6-13)4-7(15)5-11/h1-3,7,15H,4-6,13H2. The molecule has 6 heteroatoms. The van der Waals surface area contributed by atoms with Gasteiger partial charge in [-0.2, -0.15) is 0 Å². The summed E-state index contributed by atoms with van der Waals surface area (Å²) in [6.45, 7) is 0.0891. The second-order valence-electron chi connectivity index (χ2n) is 4.44. The lowest BCUT2D eigenvalue weighted by molar-refractivity contribution is -0.386. The molecule has 1 saturated carbocycles. The number of hydrogen-bond acceptors (Lipinski definition) is 4. The van der Waals surface area contributed by atoms with Crippen LogP contribution >= 0.6 is 0 Å². The number of benzene rings is 1. The second-order valence-corrected chi connectivity index (χ2v) is 4.44. The van der Waals surface area contributed by atoms with Gasteiger partial charge in [0.05, 0.1) is 16.6 Å². The van der Waals surface area contributed by atoms with E-state index >= 15 is 0 Å². The molecule has 0 bridgehead atoms. The van der Waals surface area contributed by atoms with Gasteiger partial charge in [-0.05, 0) is 18.9 Å². The molecular formula is C11H13FN2O3. The molecule has 1 aliphatic carbocycles. The van der Waals surface area contributed by atoms with Crippen LogP contribution in [0.25, 0.3) is 0 Å². The molecule has 0 atom stereocenters. The van der Waals surface area contributed by atoms with E-state index in [1.165, 1.54) is 18.2 Å². The molecule has 92 valence electrons. The minimum atomic E-state index is -0.798. The average Bonchev–Trinajstić information content (AvgIpc) is 2.24. The van der Waals surface area contributed by atoms with E-state index < -0.39 is 22.3 Å². The number of rotatable bonds is 3. The lowest BCUT2D eigenvalue weighted by Crippen LogP contribution is -2.50. The van der Waals surface area contributed by atoms with Crippen LogP contribution in [0.5, 0.6) is 0 Å². The highest BCUT2D eigenvalue weighted by molar-refractivity contribution is 5.48. The molecular weight excluding hydrogens is 227 g/mol. The third kappa shape index (κ3) is 1.79. The van der Waals surface area contributed by atoms with Gasteiger partial charge in [-0.15, -0.1) is 0 Å². The summed E-state index contributed by atoms with van der Waals surface area (Å²) in [5, 5.41) is 20.2. The smallest absolute Gasteiger partial charge is 0.276 e. The predicted molar refractivity (Wildman–Crippen MR) is 59.0 cm³/mol. The predicted octanol–water partition coefficient (Wildman–Crippen LogP) is 1.09. The van der Waals surface area contributed by atoms with Gasteiger partial charge in [0.2, 0.25) is 0 Å². The summed E-state index contributed by atoms with van der Waals surface area (Å²) in [4.78, 5) is 10.3. The van der Waals surface area contributed by atoms with Crippen molar-refractivity contribution >= 4 is 5.69 Å². The van der Waals surface area contributed by atoms with Crippen molar-refractivity contribution in [2.45, 2.75) is 24.4 Å². The minimum absolute atomic E-state index is 0.0257.